The number of carbonyl (C=O) groups is 1. The third-order valence-corrected chi connectivity index (χ3v) is 4.48. The molecule has 0 aliphatic carbocycles. The van der Waals surface area contributed by atoms with Crippen LogP contribution in [0.15, 0.2) is 24.3 Å². The number of hydrogen-bond donors (Lipinski definition) is 2. The number of benzene rings is 1. The van der Waals surface area contributed by atoms with Gasteiger partial charge in [-0.3, -0.25) is 4.79 Å². The van der Waals surface area contributed by atoms with Crippen molar-refractivity contribution in [2.75, 3.05) is 36.4 Å². The SMILES string of the molecule is CC(C)CCNCC(=O)Nc1ccc(N2CCC(C)CC2)cc1. The zero-order chi connectivity index (χ0) is 16.7. The van der Waals surface area contributed by atoms with Crippen LogP contribution in [-0.2, 0) is 4.79 Å². The molecule has 0 aromatic heterocycles. The minimum Gasteiger partial charge on any atom is -0.372 e. The monoisotopic (exact) mass is 317 g/mol. The van der Waals surface area contributed by atoms with Gasteiger partial charge in [0.1, 0.15) is 0 Å². The van der Waals surface area contributed by atoms with Crippen LogP contribution >= 0.6 is 0 Å². The first kappa shape index (κ1) is 17.8. The largest absolute Gasteiger partial charge is 0.372 e. The summed E-state index contributed by atoms with van der Waals surface area (Å²) < 4.78 is 0. The minimum absolute atomic E-state index is 0.0216. The first-order valence-corrected chi connectivity index (χ1v) is 8.90. The Kier molecular flexibility index (Phi) is 6.90. The van der Waals surface area contributed by atoms with E-state index < -0.39 is 0 Å². The van der Waals surface area contributed by atoms with E-state index in [2.05, 4.69) is 48.4 Å². The number of carbonyl (C=O) groups excluding carboxylic acids is 1. The Morgan fingerprint density at radius 3 is 2.48 bits per heavy atom. The van der Waals surface area contributed by atoms with Gasteiger partial charge in [0.25, 0.3) is 0 Å². The van der Waals surface area contributed by atoms with Crippen LogP contribution < -0.4 is 15.5 Å². The molecule has 128 valence electrons. The Morgan fingerprint density at radius 1 is 1.22 bits per heavy atom. The molecule has 0 saturated carbocycles. The minimum atomic E-state index is 0.0216. The van der Waals surface area contributed by atoms with Gasteiger partial charge < -0.3 is 15.5 Å². The van der Waals surface area contributed by atoms with Crippen molar-refractivity contribution in [1.29, 1.82) is 0 Å². The molecule has 1 aliphatic heterocycles. The topological polar surface area (TPSA) is 44.4 Å². The van der Waals surface area contributed by atoms with Crippen LogP contribution in [0.5, 0.6) is 0 Å². The van der Waals surface area contributed by atoms with Crippen LogP contribution in [0.1, 0.15) is 40.0 Å². The van der Waals surface area contributed by atoms with E-state index in [-0.39, 0.29) is 5.91 Å². The Hall–Kier alpha value is -1.55. The van der Waals surface area contributed by atoms with Crippen molar-refractivity contribution >= 4 is 17.3 Å². The third kappa shape index (κ3) is 6.22. The smallest absolute Gasteiger partial charge is 0.238 e. The van der Waals surface area contributed by atoms with Crippen LogP contribution in [0.4, 0.5) is 11.4 Å². The predicted molar refractivity (Wildman–Crippen MR) is 98.0 cm³/mol. The number of hydrogen-bond acceptors (Lipinski definition) is 3. The maximum atomic E-state index is 11.9. The average Bonchev–Trinajstić information content (AvgIpc) is 2.53. The van der Waals surface area contributed by atoms with E-state index in [0.717, 1.165) is 37.7 Å². The summed E-state index contributed by atoms with van der Waals surface area (Å²) in [5.74, 6) is 1.53. The lowest BCUT2D eigenvalue weighted by Gasteiger charge is -2.32. The van der Waals surface area contributed by atoms with E-state index >= 15 is 0 Å². The summed E-state index contributed by atoms with van der Waals surface area (Å²) in [6.45, 7) is 10.2. The number of rotatable bonds is 7. The first-order valence-electron chi connectivity index (χ1n) is 8.90. The highest BCUT2D eigenvalue weighted by Gasteiger charge is 2.15. The molecule has 0 spiro atoms. The van der Waals surface area contributed by atoms with Gasteiger partial charge in [-0.25, -0.2) is 0 Å². The van der Waals surface area contributed by atoms with Gasteiger partial charge >= 0.3 is 0 Å². The van der Waals surface area contributed by atoms with E-state index in [4.69, 9.17) is 0 Å². The van der Waals surface area contributed by atoms with Crippen molar-refractivity contribution < 1.29 is 4.79 Å². The molecule has 0 atom stereocenters. The third-order valence-electron chi connectivity index (χ3n) is 4.48. The number of nitrogens with zero attached hydrogens (tertiary/aromatic N) is 1. The van der Waals surface area contributed by atoms with Gasteiger partial charge in [-0.15, -0.1) is 0 Å². The average molecular weight is 317 g/mol. The quantitative estimate of drug-likeness (QED) is 0.757. The van der Waals surface area contributed by atoms with Crippen LogP contribution in [-0.4, -0.2) is 32.1 Å². The Bertz CT molecular complexity index is 476. The lowest BCUT2D eigenvalue weighted by atomic mass is 9.99. The van der Waals surface area contributed by atoms with Crippen molar-refractivity contribution in [3.63, 3.8) is 0 Å². The molecule has 1 heterocycles. The molecule has 0 unspecified atom stereocenters. The molecule has 23 heavy (non-hydrogen) atoms. The molecular formula is C19H31N3O. The second-order valence-corrected chi connectivity index (χ2v) is 7.12. The Balaban J connectivity index is 1.75. The summed E-state index contributed by atoms with van der Waals surface area (Å²) in [6.07, 6.45) is 3.62. The Morgan fingerprint density at radius 2 is 1.87 bits per heavy atom. The van der Waals surface area contributed by atoms with E-state index in [0.29, 0.717) is 12.5 Å². The van der Waals surface area contributed by atoms with Crippen molar-refractivity contribution in [3.8, 4) is 0 Å². The molecule has 1 aromatic carbocycles. The Labute approximate surface area is 140 Å². The van der Waals surface area contributed by atoms with E-state index in [1.54, 1.807) is 0 Å². The number of amides is 1. The van der Waals surface area contributed by atoms with E-state index in [1.807, 2.05) is 12.1 Å². The molecule has 1 aromatic rings. The summed E-state index contributed by atoms with van der Waals surface area (Å²) in [4.78, 5) is 14.3. The van der Waals surface area contributed by atoms with Gasteiger partial charge in [-0.2, -0.15) is 0 Å². The number of piperidine rings is 1. The molecule has 1 amide bonds. The zero-order valence-electron chi connectivity index (χ0n) is 14.8. The highest BCUT2D eigenvalue weighted by molar-refractivity contribution is 5.92. The summed E-state index contributed by atoms with van der Waals surface area (Å²) in [5.41, 5.74) is 2.12. The summed E-state index contributed by atoms with van der Waals surface area (Å²) in [5, 5.41) is 6.13. The second-order valence-electron chi connectivity index (χ2n) is 7.12. The lowest BCUT2D eigenvalue weighted by Crippen LogP contribution is -2.32. The second kappa shape index (κ2) is 8.92. The number of nitrogens with one attached hydrogen (secondary N) is 2. The molecule has 1 aliphatic rings. The first-order chi connectivity index (χ1) is 11.0. The summed E-state index contributed by atoms with van der Waals surface area (Å²) >= 11 is 0. The number of anilines is 2. The zero-order valence-corrected chi connectivity index (χ0v) is 14.8. The molecule has 2 N–H and O–H groups in total. The van der Waals surface area contributed by atoms with Gasteiger partial charge in [0, 0.05) is 24.5 Å². The van der Waals surface area contributed by atoms with Gasteiger partial charge in [-0.1, -0.05) is 20.8 Å². The normalized spacial score (nSPS) is 15.9. The molecule has 1 fully saturated rings. The summed E-state index contributed by atoms with van der Waals surface area (Å²) in [6, 6.07) is 8.22. The molecular weight excluding hydrogens is 286 g/mol. The molecule has 4 heteroatoms. The summed E-state index contributed by atoms with van der Waals surface area (Å²) in [7, 11) is 0. The van der Waals surface area contributed by atoms with Gasteiger partial charge in [-0.05, 0) is 61.9 Å². The molecule has 0 radical (unpaired) electrons. The lowest BCUT2D eigenvalue weighted by molar-refractivity contribution is -0.115. The van der Waals surface area contributed by atoms with Crippen LogP contribution in [0, 0.1) is 11.8 Å². The maximum absolute atomic E-state index is 11.9. The van der Waals surface area contributed by atoms with Crippen molar-refractivity contribution in [3.05, 3.63) is 24.3 Å². The molecule has 2 rings (SSSR count). The standard InChI is InChI=1S/C19H31N3O/c1-15(2)8-11-20-14-19(23)21-17-4-6-18(7-5-17)22-12-9-16(3)10-13-22/h4-7,15-16,20H,8-14H2,1-3H3,(H,21,23). The van der Waals surface area contributed by atoms with Crippen molar-refractivity contribution in [2.24, 2.45) is 11.8 Å². The van der Waals surface area contributed by atoms with E-state index in [1.165, 1.54) is 18.5 Å². The molecule has 4 nitrogen and oxygen atoms in total. The van der Waals surface area contributed by atoms with Crippen LogP contribution in [0.25, 0.3) is 0 Å². The predicted octanol–water partition coefficient (Wildman–Crippen LogP) is 3.50. The fourth-order valence-electron chi connectivity index (χ4n) is 2.82. The van der Waals surface area contributed by atoms with Crippen molar-refractivity contribution in [2.45, 2.75) is 40.0 Å². The maximum Gasteiger partial charge on any atom is 0.238 e. The highest BCUT2D eigenvalue weighted by Crippen LogP contribution is 2.24. The van der Waals surface area contributed by atoms with Gasteiger partial charge in [0.2, 0.25) is 5.91 Å². The fourth-order valence-corrected chi connectivity index (χ4v) is 2.82. The van der Waals surface area contributed by atoms with Gasteiger partial charge in [0.15, 0.2) is 0 Å². The van der Waals surface area contributed by atoms with Crippen LogP contribution in [0.2, 0.25) is 0 Å². The van der Waals surface area contributed by atoms with E-state index in [9.17, 15) is 4.79 Å². The molecule has 0 bridgehead atoms. The highest BCUT2D eigenvalue weighted by atomic mass is 16.1. The van der Waals surface area contributed by atoms with Crippen LogP contribution in [0.3, 0.4) is 0 Å². The van der Waals surface area contributed by atoms with Gasteiger partial charge in [0.05, 0.1) is 6.54 Å². The molecule has 1 saturated heterocycles. The fraction of sp³-hybridized carbons (Fsp3) is 0.632. The van der Waals surface area contributed by atoms with Crippen molar-refractivity contribution in [1.82, 2.24) is 5.32 Å².